The van der Waals surface area contributed by atoms with Crippen LogP contribution in [0.15, 0.2) is 59.1 Å². The van der Waals surface area contributed by atoms with Gasteiger partial charge in [0.25, 0.3) is 0 Å². The lowest BCUT2D eigenvalue weighted by Gasteiger charge is -2.16. The molecule has 0 fully saturated rings. The first-order chi connectivity index (χ1) is 10.6. The van der Waals surface area contributed by atoms with Gasteiger partial charge in [-0.1, -0.05) is 34.1 Å². The number of hydrogen-bond acceptors (Lipinski definition) is 3. The van der Waals surface area contributed by atoms with Gasteiger partial charge in [-0.15, -0.1) is 0 Å². The van der Waals surface area contributed by atoms with Crippen molar-refractivity contribution in [2.75, 3.05) is 32.1 Å². The topological polar surface area (TPSA) is 41.6 Å². The summed E-state index contributed by atoms with van der Waals surface area (Å²) in [7, 11) is 1.90. The van der Waals surface area contributed by atoms with Crippen LogP contribution in [0.4, 0.5) is 5.69 Å². The molecule has 0 bridgehead atoms. The second kappa shape index (κ2) is 8.56. The predicted octanol–water partition coefficient (Wildman–Crippen LogP) is 3.40. The molecule has 0 unspecified atom stereocenters. The van der Waals surface area contributed by atoms with Crippen LogP contribution in [0.25, 0.3) is 0 Å². The molecule has 0 aliphatic carbocycles. The van der Waals surface area contributed by atoms with Gasteiger partial charge in [0, 0.05) is 16.7 Å². The van der Waals surface area contributed by atoms with Crippen molar-refractivity contribution in [3.8, 4) is 5.75 Å². The Kier molecular flexibility index (Phi) is 6.43. The SMILES string of the molecule is CN(CCOc1ccc(Br)cc1)CC(=O)Nc1ccccc1. The number of anilines is 1. The van der Waals surface area contributed by atoms with Gasteiger partial charge >= 0.3 is 0 Å². The molecule has 4 nitrogen and oxygen atoms in total. The van der Waals surface area contributed by atoms with Gasteiger partial charge in [-0.3, -0.25) is 9.69 Å². The lowest BCUT2D eigenvalue weighted by atomic mass is 10.3. The predicted molar refractivity (Wildman–Crippen MR) is 92.2 cm³/mol. The number of nitrogens with one attached hydrogen (secondary N) is 1. The van der Waals surface area contributed by atoms with E-state index >= 15 is 0 Å². The maximum absolute atomic E-state index is 11.9. The van der Waals surface area contributed by atoms with E-state index in [1.165, 1.54) is 0 Å². The molecule has 2 rings (SSSR count). The van der Waals surface area contributed by atoms with Crippen molar-refractivity contribution >= 4 is 27.5 Å². The quantitative estimate of drug-likeness (QED) is 0.820. The summed E-state index contributed by atoms with van der Waals surface area (Å²) in [5.41, 5.74) is 0.812. The third-order valence-electron chi connectivity index (χ3n) is 3.03. The summed E-state index contributed by atoms with van der Waals surface area (Å²) in [6, 6.07) is 17.1. The lowest BCUT2D eigenvalue weighted by Crippen LogP contribution is -2.33. The van der Waals surface area contributed by atoms with E-state index in [1.807, 2.05) is 66.5 Å². The van der Waals surface area contributed by atoms with Crippen molar-refractivity contribution in [2.45, 2.75) is 0 Å². The highest BCUT2D eigenvalue weighted by Crippen LogP contribution is 2.15. The van der Waals surface area contributed by atoms with E-state index in [0.29, 0.717) is 19.7 Å². The van der Waals surface area contributed by atoms with Crippen LogP contribution in [0.3, 0.4) is 0 Å². The molecule has 0 aromatic heterocycles. The van der Waals surface area contributed by atoms with Crippen molar-refractivity contribution in [1.29, 1.82) is 0 Å². The lowest BCUT2D eigenvalue weighted by molar-refractivity contribution is -0.117. The summed E-state index contributed by atoms with van der Waals surface area (Å²) >= 11 is 3.38. The second-order valence-corrected chi connectivity index (χ2v) is 5.87. The summed E-state index contributed by atoms with van der Waals surface area (Å²) < 4.78 is 6.66. The molecule has 0 spiro atoms. The van der Waals surface area contributed by atoms with E-state index in [2.05, 4.69) is 21.2 Å². The highest BCUT2D eigenvalue weighted by atomic mass is 79.9. The number of benzene rings is 2. The van der Waals surface area contributed by atoms with Gasteiger partial charge < -0.3 is 10.1 Å². The molecule has 0 saturated heterocycles. The number of ether oxygens (including phenoxy) is 1. The molecule has 0 aliphatic heterocycles. The van der Waals surface area contributed by atoms with E-state index in [4.69, 9.17) is 4.74 Å². The second-order valence-electron chi connectivity index (χ2n) is 4.95. The molecule has 0 saturated carbocycles. The largest absolute Gasteiger partial charge is 0.492 e. The number of rotatable bonds is 7. The molecule has 0 atom stereocenters. The first-order valence-electron chi connectivity index (χ1n) is 7.05. The van der Waals surface area contributed by atoms with E-state index in [9.17, 15) is 4.79 Å². The number of carbonyl (C=O) groups excluding carboxylic acids is 1. The fourth-order valence-corrected chi connectivity index (χ4v) is 2.16. The van der Waals surface area contributed by atoms with E-state index in [0.717, 1.165) is 15.9 Å². The van der Waals surface area contributed by atoms with Crippen LogP contribution in [-0.4, -0.2) is 37.6 Å². The van der Waals surface area contributed by atoms with Crippen molar-refractivity contribution in [2.24, 2.45) is 0 Å². The molecular weight excluding hydrogens is 344 g/mol. The Hall–Kier alpha value is -1.85. The number of hydrogen-bond donors (Lipinski definition) is 1. The zero-order chi connectivity index (χ0) is 15.8. The molecule has 1 N–H and O–H groups in total. The number of amides is 1. The molecule has 22 heavy (non-hydrogen) atoms. The van der Waals surface area contributed by atoms with Crippen LogP contribution in [0.5, 0.6) is 5.75 Å². The molecule has 0 radical (unpaired) electrons. The Bertz CT molecular complexity index is 587. The summed E-state index contributed by atoms with van der Waals surface area (Å²) in [6.45, 7) is 1.55. The number of halogens is 1. The average molecular weight is 363 g/mol. The molecule has 0 heterocycles. The summed E-state index contributed by atoms with van der Waals surface area (Å²) in [6.07, 6.45) is 0. The highest BCUT2D eigenvalue weighted by molar-refractivity contribution is 9.10. The van der Waals surface area contributed by atoms with Crippen LogP contribution in [0.2, 0.25) is 0 Å². The van der Waals surface area contributed by atoms with Crippen LogP contribution in [0, 0.1) is 0 Å². The van der Waals surface area contributed by atoms with Crippen LogP contribution < -0.4 is 10.1 Å². The van der Waals surface area contributed by atoms with Crippen molar-refractivity contribution in [3.05, 3.63) is 59.1 Å². The average Bonchev–Trinajstić information content (AvgIpc) is 2.50. The zero-order valence-electron chi connectivity index (χ0n) is 12.5. The number of likely N-dealkylation sites (N-methyl/N-ethyl adjacent to an activating group) is 1. The highest BCUT2D eigenvalue weighted by Gasteiger charge is 2.06. The van der Waals surface area contributed by atoms with E-state index in [1.54, 1.807) is 0 Å². The summed E-state index contributed by atoms with van der Waals surface area (Å²) in [5, 5.41) is 2.86. The molecule has 116 valence electrons. The Labute approximate surface area is 139 Å². The van der Waals surface area contributed by atoms with Gasteiger partial charge in [0.05, 0.1) is 6.54 Å². The van der Waals surface area contributed by atoms with Crippen molar-refractivity contribution in [1.82, 2.24) is 4.90 Å². The van der Waals surface area contributed by atoms with Gasteiger partial charge in [0.15, 0.2) is 0 Å². The van der Waals surface area contributed by atoms with Gasteiger partial charge in [0.1, 0.15) is 12.4 Å². The fourth-order valence-electron chi connectivity index (χ4n) is 1.90. The summed E-state index contributed by atoms with van der Waals surface area (Å²) in [5.74, 6) is 0.794. The number of para-hydroxylation sites is 1. The molecule has 0 aliphatic rings. The van der Waals surface area contributed by atoms with Crippen LogP contribution in [-0.2, 0) is 4.79 Å². The third kappa shape index (κ3) is 5.87. The Balaban J connectivity index is 1.68. The maximum atomic E-state index is 11.9. The Morgan fingerprint density at radius 2 is 1.82 bits per heavy atom. The van der Waals surface area contributed by atoms with Crippen molar-refractivity contribution in [3.63, 3.8) is 0 Å². The Morgan fingerprint density at radius 1 is 1.14 bits per heavy atom. The summed E-state index contributed by atoms with van der Waals surface area (Å²) in [4.78, 5) is 13.8. The normalized spacial score (nSPS) is 10.5. The smallest absolute Gasteiger partial charge is 0.238 e. The monoisotopic (exact) mass is 362 g/mol. The van der Waals surface area contributed by atoms with Gasteiger partial charge in [-0.25, -0.2) is 0 Å². The van der Waals surface area contributed by atoms with E-state index < -0.39 is 0 Å². The van der Waals surface area contributed by atoms with Gasteiger partial charge in [0.2, 0.25) is 5.91 Å². The van der Waals surface area contributed by atoms with Crippen LogP contribution >= 0.6 is 15.9 Å². The minimum Gasteiger partial charge on any atom is -0.492 e. The molecule has 2 aromatic carbocycles. The zero-order valence-corrected chi connectivity index (χ0v) is 14.0. The number of nitrogens with zero attached hydrogens (tertiary/aromatic N) is 1. The first kappa shape index (κ1) is 16.5. The van der Waals surface area contributed by atoms with Crippen molar-refractivity contribution < 1.29 is 9.53 Å². The molecule has 5 heteroatoms. The van der Waals surface area contributed by atoms with Crippen LogP contribution in [0.1, 0.15) is 0 Å². The third-order valence-corrected chi connectivity index (χ3v) is 3.56. The minimum absolute atomic E-state index is 0.0302. The molecule has 1 amide bonds. The fraction of sp³-hybridized carbons (Fsp3) is 0.235. The molecule has 2 aromatic rings. The molecular formula is C17H19BrN2O2. The van der Waals surface area contributed by atoms with Gasteiger partial charge in [-0.2, -0.15) is 0 Å². The van der Waals surface area contributed by atoms with Gasteiger partial charge in [-0.05, 0) is 43.4 Å². The minimum atomic E-state index is -0.0302. The maximum Gasteiger partial charge on any atom is 0.238 e. The standard InChI is InChI=1S/C17H19BrN2O2/c1-20(11-12-22-16-9-7-14(18)8-10-16)13-17(21)19-15-5-3-2-4-6-15/h2-10H,11-13H2,1H3,(H,19,21). The van der Waals surface area contributed by atoms with E-state index in [-0.39, 0.29) is 5.91 Å². The Morgan fingerprint density at radius 3 is 2.50 bits per heavy atom. The number of carbonyl (C=O) groups is 1. The first-order valence-corrected chi connectivity index (χ1v) is 7.84.